The summed E-state index contributed by atoms with van der Waals surface area (Å²) in [4.78, 5) is 22.2. The molecule has 0 aliphatic rings. The van der Waals surface area contributed by atoms with Gasteiger partial charge < -0.3 is 10.6 Å². The van der Waals surface area contributed by atoms with E-state index in [1.54, 1.807) is 12.1 Å². The standard InChI is InChI=1S/C17H12FN3O3/c18-14-9-8-12(21(23)24)10-16(14)20-17(22)19-15-7-3-5-11-4-1-2-6-13(11)15/h1-10H,(H2,19,20,22). The lowest BCUT2D eigenvalue weighted by molar-refractivity contribution is -0.384. The summed E-state index contributed by atoms with van der Waals surface area (Å²) in [5.74, 6) is -0.756. The van der Waals surface area contributed by atoms with Crippen LogP contribution in [0, 0.1) is 15.9 Å². The molecule has 0 radical (unpaired) electrons. The Bertz CT molecular complexity index is 938. The third-order valence-corrected chi connectivity index (χ3v) is 3.45. The quantitative estimate of drug-likeness (QED) is 0.548. The molecule has 0 fully saturated rings. The van der Waals surface area contributed by atoms with E-state index in [-0.39, 0.29) is 11.4 Å². The molecule has 120 valence electrons. The van der Waals surface area contributed by atoms with Gasteiger partial charge in [-0.3, -0.25) is 10.1 Å². The fourth-order valence-electron chi connectivity index (χ4n) is 2.33. The second kappa shape index (κ2) is 6.33. The SMILES string of the molecule is O=C(Nc1cc([N+](=O)[O-])ccc1F)Nc1cccc2ccccc12. The van der Waals surface area contributed by atoms with Gasteiger partial charge in [-0.2, -0.15) is 0 Å². The van der Waals surface area contributed by atoms with E-state index >= 15 is 0 Å². The van der Waals surface area contributed by atoms with Crippen LogP contribution in [0.15, 0.2) is 60.7 Å². The number of nitrogens with one attached hydrogen (secondary N) is 2. The lowest BCUT2D eigenvalue weighted by atomic mass is 10.1. The Morgan fingerprint density at radius 1 is 0.958 bits per heavy atom. The number of nitrogens with zero attached hydrogens (tertiary/aromatic N) is 1. The highest BCUT2D eigenvalue weighted by Crippen LogP contribution is 2.24. The molecular formula is C17H12FN3O3. The predicted octanol–water partition coefficient (Wildman–Crippen LogP) is 4.53. The third-order valence-electron chi connectivity index (χ3n) is 3.45. The van der Waals surface area contributed by atoms with Crippen LogP contribution >= 0.6 is 0 Å². The van der Waals surface area contributed by atoms with E-state index in [1.165, 1.54) is 0 Å². The number of urea groups is 1. The smallest absolute Gasteiger partial charge is 0.307 e. The molecule has 0 unspecified atom stereocenters. The maximum Gasteiger partial charge on any atom is 0.323 e. The van der Waals surface area contributed by atoms with E-state index < -0.39 is 16.8 Å². The molecule has 2 N–H and O–H groups in total. The minimum atomic E-state index is -0.756. The number of carbonyl (C=O) groups excluding carboxylic acids is 1. The Hall–Kier alpha value is -3.48. The average Bonchev–Trinajstić information content (AvgIpc) is 2.57. The van der Waals surface area contributed by atoms with Crippen LogP contribution in [-0.2, 0) is 0 Å². The lowest BCUT2D eigenvalue weighted by Crippen LogP contribution is -2.20. The number of amides is 2. The topological polar surface area (TPSA) is 84.3 Å². The second-order valence-corrected chi connectivity index (χ2v) is 5.03. The van der Waals surface area contributed by atoms with E-state index in [0.29, 0.717) is 5.69 Å². The highest BCUT2D eigenvalue weighted by molar-refractivity contribution is 6.06. The molecule has 24 heavy (non-hydrogen) atoms. The van der Waals surface area contributed by atoms with Crippen LogP contribution in [0.4, 0.5) is 26.2 Å². The number of non-ortho nitro benzene ring substituents is 1. The fourth-order valence-corrected chi connectivity index (χ4v) is 2.33. The van der Waals surface area contributed by atoms with E-state index in [1.807, 2.05) is 30.3 Å². The van der Waals surface area contributed by atoms with Gasteiger partial charge in [0.2, 0.25) is 0 Å². The van der Waals surface area contributed by atoms with Gasteiger partial charge in [-0.1, -0.05) is 36.4 Å². The molecule has 6 nitrogen and oxygen atoms in total. The summed E-state index contributed by atoms with van der Waals surface area (Å²) in [5.41, 5.74) is -0.0183. The molecule has 0 saturated heterocycles. The molecule has 0 atom stereocenters. The van der Waals surface area contributed by atoms with E-state index in [0.717, 1.165) is 29.0 Å². The van der Waals surface area contributed by atoms with Crippen molar-refractivity contribution in [1.29, 1.82) is 0 Å². The molecule has 0 aliphatic carbocycles. The highest BCUT2D eigenvalue weighted by atomic mass is 19.1. The van der Waals surface area contributed by atoms with Gasteiger partial charge in [0, 0.05) is 17.5 Å². The summed E-state index contributed by atoms with van der Waals surface area (Å²) in [5, 5.41) is 17.4. The van der Waals surface area contributed by atoms with Crippen LogP contribution in [0.3, 0.4) is 0 Å². The molecule has 0 spiro atoms. The van der Waals surface area contributed by atoms with Crippen LogP contribution in [0.1, 0.15) is 0 Å². The Balaban J connectivity index is 1.83. The average molecular weight is 325 g/mol. The van der Waals surface area contributed by atoms with Gasteiger partial charge in [0.05, 0.1) is 16.3 Å². The van der Waals surface area contributed by atoms with Crippen LogP contribution < -0.4 is 10.6 Å². The van der Waals surface area contributed by atoms with Crippen molar-refractivity contribution in [3.05, 3.63) is 76.6 Å². The molecular weight excluding hydrogens is 313 g/mol. The van der Waals surface area contributed by atoms with Crippen molar-refractivity contribution >= 4 is 33.9 Å². The van der Waals surface area contributed by atoms with Crippen molar-refractivity contribution in [2.24, 2.45) is 0 Å². The molecule has 0 heterocycles. The van der Waals surface area contributed by atoms with Crippen molar-refractivity contribution in [1.82, 2.24) is 0 Å². The molecule has 0 aliphatic heterocycles. The Kier molecular flexibility index (Phi) is 4.07. The minimum Gasteiger partial charge on any atom is -0.307 e. The van der Waals surface area contributed by atoms with Gasteiger partial charge >= 0.3 is 6.03 Å². The predicted molar refractivity (Wildman–Crippen MR) is 89.6 cm³/mol. The second-order valence-electron chi connectivity index (χ2n) is 5.03. The van der Waals surface area contributed by atoms with Crippen LogP contribution in [0.5, 0.6) is 0 Å². The number of rotatable bonds is 3. The number of nitro groups is 1. The summed E-state index contributed by atoms with van der Waals surface area (Å²) in [6.45, 7) is 0. The number of hydrogen-bond donors (Lipinski definition) is 2. The number of benzene rings is 3. The zero-order valence-corrected chi connectivity index (χ0v) is 12.3. The Morgan fingerprint density at radius 3 is 2.46 bits per heavy atom. The summed E-state index contributed by atoms with van der Waals surface area (Å²) in [7, 11) is 0. The van der Waals surface area contributed by atoms with Crippen molar-refractivity contribution in [3.8, 4) is 0 Å². The highest BCUT2D eigenvalue weighted by Gasteiger charge is 2.13. The lowest BCUT2D eigenvalue weighted by Gasteiger charge is -2.10. The van der Waals surface area contributed by atoms with Crippen LogP contribution in [-0.4, -0.2) is 11.0 Å². The summed E-state index contributed by atoms with van der Waals surface area (Å²) in [6.07, 6.45) is 0. The molecule has 3 aromatic rings. The van der Waals surface area contributed by atoms with Gasteiger partial charge in [0.1, 0.15) is 5.82 Å². The van der Waals surface area contributed by atoms with Gasteiger partial charge in [-0.05, 0) is 17.5 Å². The van der Waals surface area contributed by atoms with Crippen molar-refractivity contribution in [2.75, 3.05) is 10.6 Å². The van der Waals surface area contributed by atoms with Gasteiger partial charge in [0.25, 0.3) is 5.69 Å². The first-order valence-corrected chi connectivity index (χ1v) is 7.04. The maximum atomic E-state index is 13.7. The minimum absolute atomic E-state index is 0.262. The van der Waals surface area contributed by atoms with Gasteiger partial charge in [0.15, 0.2) is 0 Å². The number of nitro benzene ring substituents is 1. The van der Waals surface area contributed by atoms with Crippen LogP contribution in [0.25, 0.3) is 10.8 Å². The van der Waals surface area contributed by atoms with Crippen molar-refractivity contribution < 1.29 is 14.1 Å². The first-order valence-electron chi connectivity index (χ1n) is 7.04. The number of fused-ring (bicyclic) bond motifs is 1. The zero-order chi connectivity index (χ0) is 17.1. The zero-order valence-electron chi connectivity index (χ0n) is 12.3. The van der Waals surface area contributed by atoms with Crippen molar-refractivity contribution in [3.63, 3.8) is 0 Å². The Labute approximate surface area is 136 Å². The monoisotopic (exact) mass is 325 g/mol. The normalized spacial score (nSPS) is 10.4. The number of hydrogen-bond acceptors (Lipinski definition) is 3. The first kappa shape index (κ1) is 15.4. The molecule has 3 rings (SSSR count). The van der Waals surface area contributed by atoms with Gasteiger partial charge in [-0.25, -0.2) is 9.18 Å². The first-order chi connectivity index (χ1) is 11.5. The molecule has 0 aromatic heterocycles. The van der Waals surface area contributed by atoms with E-state index in [9.17, 15) is 19.3 Å². The molecule has 7 heteroatoms. The molecule has 0 saturated carbocycles. The van der Waals surface area contributed by atoms with Crippen LogP contribution in [0.2, 0.25) is 0 Å². The summed E-state index contributed by atoms with van der Waals surface area (Å²) >= 11 is 0. The summed E-state index contributed by atoms with van der Waals surface area (Å²) < 4.78 is 13.7. The fraction of sp³-hybridized carbons (Fsp3) is 0. The summed E-state index contributed by atoms with van der Waals surface area (Å²) in [6, 6.07) is 15.1. The Morgan fingerprint density at radius 2 is 1.67 bits per heavy atom. The largest absolute Gasteiger partial charge is 0.323 e. The third kappa shape index (κ3) is 3.14. The maximum absolute atomic E-state index is 13.7. The molecule has 2 amide bonds. The number of halogens is 1. The number of carbonyl (C=O) groups is 1. The van der Waals surface area contributed by atoms with E-state index in [2.05, 4.69) is 10.6 Å². The molecule has 0 bridgehead atoms. The van der Waals surface area contributed by atoms with Crippen molar-refractivity contribution in [2.45, 2.75) is 0 Å². The van der Waals surface area contributed by atoms with E-state index in [4.69, 9.17) is 0 Å². The number of anilines is 2. The molecule has 3 aromatic carbocycles. The van der Waals surface area contributed by atoms with Gasteiger partial charge in [-0.15, -0.1) is 0 Å².